The summed E-state index contributed by atoms with van der Waals surface area (Å²) in [4.78, 5) is 52.5. The molecule has 30 heteroatoms. The summed E-state index contributed by atoms with van der Waals surface area (Å²) in [5, 5.41) is 53.4. The summed E-state index contributed by atoms with van der Waals surface area (Å²) in [6.07, 6.45) is 17.9. The van der Waals surface area contributed by atoms with Crippen molar-refractivity contribution in [3.8, 4) is 0 Å². The fraction of sp³-hybridized carbons (Fsp3) is 0.758. The highest BCUT2D eigenvalue weighted by Gasteiger charge is 2.63. The minimum absolute atomic E-state index is 0.0266. The van der Waals surface area contributed by atoms with Gasteiger partial charge in [-0.25, -0.2) is 0 Å². The maximum Gasteiger partial charge on any atom is 0.316 e. The average Bonchev–Trinajstić information content (AvgIpc) is 1.60. The van der Waals surface area contributed by atoms with E-state index in [0.29, 0.717) is 73.7 Å². The third-order valence-electron chi connectivity index (χ3n) is 29.3. The Bertz CT molecular complexity index is 4190. The maximum atomic E-state index is 14.4. The lowest BCUT2D eigenvalue weighted by molar-refractivity contribution is -0.311. The van der Waals surface area contributed by atoms with Gasteiger partial charge >= 0.3 is 11.9 Å². The molecule has 129 heavy (non-hydrogen) atoms. The second kappa shape index (κ2) is 42.8. The number of carbonyl (C=O) groups excluding carboxylic acids is 4. The second-order valence-corrected chi connectivity index (χ2v) is 39.2. The molecule has 39 atom stereocenters. The van der Waals surface area contributed by atoms with E-state index in [0.717, 1.165) is 17.6 Å². The van der Waals surface area contributed by atoms with E-state index >= 15 is 0 Å². The van der Waals surface area contributed by atoms with Gasteiger partial charge in [-0.05, 0) is 126 Å². The third-order valence-corrected chi connectivity index (χ3v) is 29.3. The van der Waals surface area contributed by atoms with Crippen molar-refractivity contribution < 1.29 is 134 Å². The highest BCUT2D eigenvalue weighted by atomic mass is 16.8. The van der Waals surface area contributed by atoms with Crippen LogP contribution in [-0.2, 0) is 114 Å². The first-order valence-corrected chi connectivity index (χ1v) is 47.2. The van der Waals surface area contributed by atoms with E-state index in [2.05, 4.69) is 90.3 Å². The van der Waals surface area contributed by atoms with Gasteiger partial charge in [-0.15, -0.1) is 0 Å². The summed E-state index contributed by atoms with van der Waals surface area (Å²) >= 11 is 0. The molecule has 6 N–H and O–H groups in total. The van der Waals surface area contributed by atoms with Crippen molar-refractivity contribution in [2.75, 3.05) is 41.7 Å². The van der Waals surface area contributed by atoms with Crippen molar-refractivity contribution in [2.45, 2.75) is 390 Å². The van der Waals surface area contributed by atoms with Gasteiger partial charge in [-0.2, -0.15) is 0 Å². The molecule has 2 amide bonds. The van der Waals surface area contributed by atoms with Crippen LogP contribution in [-0.4, -0.2) is 280 Å². The zero-order valence-corrected chi connectivity index (χ0v) is 79.6. The van der Waals surface area contributed by atoms with Crippen molar-refractivity contribution in [1.82, 2.24) is 10.6 Å². The van der Waals surface area contributed by atoms with E-state index in [1.54, 1.807) is 66.6 Å². The van der Waals surface area contributed by atoms with Crippen LogP contribution in [0, 0.1) is 47.3 Å². The van der Waals surface area contributed by atoms with Gasteiger partial charge in [0.15, 0.2) is 36.7 Å². The molecular weight excluding hydrogens is 1670 g/mol. The molecule has 722 valence electrons. The molecule has 30 nitrogen and oxygen atoms in total. The molecule has 0 aromatic heterocycles. The second-order valence-electron chi connectivity index (χ2n) is 39.2. The Labute approximate surface area is 762 Å². The van der Waals surface area contributed by atoms with Gasteiger partial charge in [0.25, 0.3) is 0 Å². The molecule has 14 rings (SSSR count). The molecule has 0 radical (unpaired) electrons. The number of rotatable bonds is 17. The predicted molar refractivity (Wildman–Crippen MR) is 473 cm³/mol. The van der Waals surface area contributed by atoms with Crippen LogP contribution in [0.25, 0.3) is 0 Å². The number of hydrogen-bond acceptors (Lipinski definition) is 28. The van der Waals surface area contributed by atoms with E-state index in [-0.39, 0.29) is 122 Å². The van der Waals surface area contributed by atoms with Gasteiger partial charge in [0.2, 0.25) is 11.8 Å². The standard InChI is InChI=1S/C50H75NO14.C49H73NO14/c1-12-26(2)45-29(5)18-19-49(65-45)24-36-21-35(64-49)17-16-28(4)44(27(3)14-13-15-34-25-58-47-43(53)30(6)20-37(48(54)61-36)50(34,47)55)62-41-23-39(57-11)46(32(8)60-41)63-40-22-38(56-10)42(31(7)59-40)51-33(9)52;1-25(2)43-28(5)17-18-48(64-43)23-35-20-34(63-48)16-15-27(4)44(26(3)13-12-14-33-24-57-46-42(52)29(6)19-36(47(53)60-35)49(33,46)54)61-40-22-38(56-11)45(31(8)59-40)62-39-21-37(55-10)41(30(7)58-39)50-32(9)51/h13-16,18-20,26-27,29,31-32,35-47,53,55H,12,17,21-25H2,1-11H3,(H,51,52);12-15,17-19,25-26,28,30-31,34-46,52,54H,16,20-24H2,1-11H3,(H,50,51)/b14-13+,28-16-,34-15-;13-12+,27-15+,33-14+/t26-,27-,29-,31-,32-,35+,36-,37-,38-,39-,40-,41-,42+,43+,44-,45+,46-,47+,49+,50+;26-,28-,30-,31-,34+,35-,36-,37-,38-,39-,40-,41+,42+,43+,44-,45-,46+,48+,49+/m00/s1. The topological polar surface area (TPSA) is 358 Å². The highest BCUT2D eigenvalue weighted by Crippen LogP contribution is 2.51. The Balaban J connectivity index is 0.000000220. The van der Waals surface area contributed by atoms with Crippen LogP contribution < -0.4 is 10.6 Å². The van der Waals surface area contributed by atoms with Gasteiger partial charge in [-0.3, -0.25) is 19.2 Å². The Hall–Kier alpha value is -5.60. The molecule has 8 fully saturated rings. The minimum Gasteiger partial charge on any atom is -0.462 e. The number of ether oxygens (including phenoxy) is 20. The van der Waals surface area contributed by atoms with Crippen LogP contribution in [0.4, 0.5) is 0 Å². The molecule has 12 aliphatic heterocycles. The zero-order valence-electron chi connectivity index (χ0n) is 79.6. The van der Waals surface area contributed by atoms with Gasteiger partial charge in [0.05, 0.1) is 111 Å². The molecule has 0 aromatic rings. The number of fused-ring (bicyclic) bond motifs is 4. The summed E-state index contributed by atoms with van der Waals surface area (Å²) in [5.41, 5.74) is 0.228. The van der Waals surface area contributed by atoms with Crippen molar-refractivity contribution in [1.29, 1.82) is 0 Å². The molecule has 0 unspecified atom stereocenters. The van der Waals surface area contributed by atoms with Crippen LogP contribution in [0.3, 0.4) is 0 Å². The summed E-state index contributed by atoms with van der Waals surface area (Å²) in [6.45, 7) is 35.2. The predicted octanol–water partition coefficient (Wildman–Crippen LogP) is 10.7. The average molecular weight is 1810 g/mol. The summed E-state index contributed by atoms with van der Waals surface area (Å²) in [7, 11) is 6.54. The van der Waals surface area contributed by atoms with Crippen molar-refractivity contribution in [2.24, 2.45) is 47.3 Å². The van der Waals surface area contributed by atoms with Gasteiger partial charge in [0.1, 0.15) is 71.9 Å². The molecule has 4 bridgehead atoms. The lowest BCUT2D eigenvalue weighted by Crippen LogP contribution is -2.58. The first kappa shape index (κ1) is 101. The normalized spacial score (nSPS) is 47.4. The zero-order chi connectivity index (χ0) is 93.2. The highest BCUT2D eigenvalue weighted by molar-refractivity contribution is 5.80. The van der Waals surface area contributed by atoms with Crippen molar-refractivity contribution in [3.05, 3.63) is 119 Å². The fourth-order valence-electron chi connectivity index (χ4n) is 21.9. The van der Waals surface area contributed by atoms with E-state index in [9.17, 15) is 39.6 Å². The molecule has 2 spiro atoms. The Morgan fingerprint density at radius 1 is 0.481 bits per heavy atom. The molecule has 0 aromatic carbocycles. The largest absolute Gasteiger partial charge is 0.462 e. The smallest absolute Gasteiger partial charge is 0.316 e. The van der Waals surface area contributed by atoms with Gasteiger partial charge in [-0.1, -0.05) is 135 Å². The maximum absolute atomic E-state index is 14.4. The quantitative estimate of drug-likeness (QED) is 0.0582. The number of amides is 2. The Kier molecular flexibility index (Phi) is 33.4. The van der Waals surface area contributed by atoms with Crippen LogP contribution >= 0.6 is 0 Å². The number of allylic oxidation sites excluding steroid dienone is 4. The number of aliphatic hydroxyl groups excluding tert-OH is 2. The van der Waals surface area contributed by atoms with Crippen LogP contribution in [0.5, 0.6) is 0 Å². The fourth-order valence-corrected chi connectivity index (χ4v) is 21.9. The molecular formula is C99H148N2O28. The lowest BCUT2D eigenvalue weighted by atomic mass is 9.71. The third kappa shape index (κ3) is 22.2. The molecule has 8 saturated heterocycles. The molecule has 2 aliphatic carbocycles. The van der Waals surface area contributed by atoms with Gasteiger partial charge < -0.3 is 126 Å². The summed E-state index contributed by atoms with van der Waals surface area (Å²) < 4.78 is 129. The molecule has 12 heterocycles. The number of carbonyl (C=O) groups is 4. The lowest BCUT2D eigenvalue weighted by Gasteiger charge is -2.48. The first-order chi connectivity index (χ1) is 61.2. The van der Waals surface area contributed by atoms with E-state index in [1.165, 1.54) is 13.8 Å². The van der Waals surface area contributed by atoms with Crippen molar-refractivity contribution in [3.63, 3.8) is 0 Å². The Morgan fingerprint density at radius 3 is 1.23 bits per heavy atom. The molecule has 14 aliphatic rings. The van der Waals surface area contributed by atoms with E-state index in [4.69, 9.17) is 94.7 Å². The van der Waals surface area contributed by atoms with Crippen LogP contribution in [0.2, 0.25) is 0 Å². The SMILES string of the molecule is CC[C@H](C)[C@H]1O[C@]2(C=C[C@@H]1C)C[C@@H]1C[C@@H](C/C=C(/C)[C@@H](O[C@H]3C[C@H](OC)[C@@H](O[C@H]4C[C@H](OC)[C@H](NC(C)=O)[C@H](C)O4)[C@H](C)O3)[C@@H](C)/C=C/C=C3/CO[C@@H]4[C@H](O)C(C)=C[C@@H](C(=O)O1)[C@]34O)O2.CO[C@H]1C[C@H](O[C@H]2[C@H](C)O[C@@H](O[C@@H]3/C(C)=C/C[C@@H]4C[C@@H](C[C@]5(C=C[C@H](C)[C@@H](C(C)C)O5)O4)OC(=O)[C@@H]4C=C(C)[C@@H](O)[C@H]5OC/C(=C\C=C\[C@@H]3C)[C@]54O)C[C@@H]2OC)O[C@@H](C)[C@H]1NC(C)=O. The first-order valence-electron chi connectivity index (χ1n) is 47.2. The number of esters is 2. The van der Waals surface area contributed by atoms with E-state index < -0.39 is 169 Å². The van der Waals surface area contributed by atoms with E-state index in [1.807, 2.05) is 78.0 Å². The number of hydrogen-bond donors (Lipinski definition) is 6. The molecule has 0 saturated carbocycles. The van der Waals surface area contributed by atoms with Crippen LogP contribution in [0.15, 0.2) is 119 Å². The van der Waals surface area contributed by atoms with Crippen molar-refractivity contribution >= 4 is 23.8 Å². The monoisotopic (exact) mass is 1810 g/mol. The number of methoxy groups -OCH3 is 4. The minimum atomic E-state index is -1.84. The summed E-state index contributed by atoms with van der Waals surface area (Å²) in [5.74, 6) is -5.56. The number of aliphatic hydroxyl groups is 4. The number of nitrogens with one attached hydrogen (secondary N) is 2. The van der Waals surface area contributed by atoms with Gasteiger partial charge in [0, 0.05) is 117 Å². The van der Waals surface area contributed by atoms with Crippen LogP contribution in [0.1, 0.15) is 195 Å². The summed E-state index contributed by atoms with van der Waals surface area (Å²) in [6, 6.07) is -0.629. The Morgan fingerprint density at radius 2 is 0.853 bits per heavy atom.